The molecule has 0 radical (unpaired) electrons. The van der Waals surface area contributed by atoms with Crippen molar-refractivity contribution >= 4 is 24.2 Å². The van der Waals surface area contributed by atoms with E-state index < -0.39 is 12.0 Å². The lowest BCUT2D eigenvalue weighted by atomic mass is 9.99. The Morgan fingerprint density at radius 2 is 1.58 bits per heavy atom. The summed E-state index contributed by atoms with van der Waals surface area (Å²) in [4.78, 5) is 52.6. The van der Waals surface area contributed by atoms with Crippen LogP contribution in [-0.4, -0.2) is 104 Å². The Bertz CT molecular complexity index is 732. The molecule has 0 aromatic carbocycles. The molecule has 2 aliphatic heterocycles. The average Bonchev–Trinajstić information content (AvgIpc) is 3.34. The molecule has 2 aliphatic rings. The van der Waals surface area contributed by atoms with E-state index in [4.69, 9.17) is 4.74 Å². The number of hydrogen-bond donors (Lipinski definition) is 1. The van der Waals surface area contributed by atoms with Crippen LogP contribution in [0.5, 0.6) is 0 Å². The van der Waals surface area contributed by atoms with Crippen molar-refractivity contribution < 1.29 is 29.4 Å². The Morgan fingerprint density at radius 1 is 1.03 bits per heavy atom. The molecule has 0 aromatic rings. The first-order chi connectivity index (χ1) is 17.4. The summed E-state index contributed by atoms with van der Waals surface area (Å²) in [6.45, 7) is 15.1. The van der Waals surface area contributed by atoms with Crippen LogP contribution < -0.4 is 5.32 Å². The number of likely N-dealkylation sites (tertiary alicyclic amines) is 2. The number of hydrogen-bond acceptors (Lipinski definition) is 6. The van der Waals surface area contributed by atoms with Crippen molar-refractivity contribution in [2.24, 2.45) is 11.8 Å². The topological polar surface area (TPSA) is 131 Å². The summed E-state index contributed by atoms with van der Waals surface area (Å²) in [5.74, 6) is 0.0190. The van der Waals surface area contributed by atoms with Gasteiger partial charge in [0.25, 0.3) is 0 Å². The van der Waals surface area contributed by atoms with Crippen molar-refractivity contribution in [3.05, 3.63) is 11.6 Å². The zero-order valence-electron chi connectivity index (χ0n) is 25.2. The molecule has 2 fully saturated rings. The molecule has 10 heteroatoms. The van der Waals surface area contributed by atoms with Crippen LogP contribution in [0.15, 0.2) is 11.6 Å². The Kier molecular flexibility index (Phi) is 20.3. The molecular weight excluding hydrogens is 488 g/mol. The van der Waals surface area contributed by atoms with Gasteiger partial charge in [-0.1, -0.05) is 47.1 Å². The molecule has 2 saturated heterocycles. The quantitative estimate of drug-likeness (QED) is 0.284. The molecule has 3 N–H and O–H groups in total. The van der Waals surface area contributed by atoms with Gasteiger partial charge in [0.15, 0.2) is 0 Å². The van der Waals surface area contributed by atoms with Crippen LogP contribution in [0, 0.1) is 11.8 Å². The van der Waals surface area contributed by atoms with Crippen LogP contribution >= 0.6 is 0 Å². The van der Waals surface area contributed by atoms with Crippen molar-refractivity contribution in [1.82, 2.24) is 20.0 Å². The maximum Gasteiger partial charge on any atom is 0.328 e. The second kappa shape index (κ2) is 20.5. The van der Waals surface area contributed by atoms with E-state index in [0.717, 1.165) is 12.3 Å². The SMILES string of the molecule is CC(C)C.CN1CCCCC1.COC(=O)[C@@H]1CCCN1C(=O)/C(C)=C/[C@H](C(C)C)N(C)C(=O)CNC=O.O. The predicted octanol–water partition coefficient (Wildman–Crippen LogP) is 2.27. The molecule has 0 bridgehead atoms. The fraction of sp³-hybridized carbons (Fsp3) is 0.786. The number of esters is 1. The van der Waals surface area contributed by atoms with Gasteiger partial charge >= 0.3 is 5.97 Å². The minimum Gasteiger partial charge on any atom is -0.467 e. The van der Waals surface area contributed by atoms with Gasteiger partial charge in [0.1, 0.15) is 6.04 Å². The van der Waals surface area contributed by atoms with Gasteiger partial charge in [0.05, 0.1) is 19.7 Å². The molecule has 2 rings (SSSR count). The maximum atomic E-state index is 12.8. The van der Waals surface area contributed by atoms with Crippen molar-refractivity contribution in [2.45, 2.75) is 85.7 Å². The molecule has 0 spiro atoms. The minimum atomic E-state index is -0.551. The summed E-state index contributed by atoms with van der Waals surface area (Å²) < 4.78 is 4.78. The van der Waals surface area contributed by atoms with Gasteiger partial charge in [-0.3, -0.25) is 14.4 Å². The van der Waals surface area contributed by atoms with E-state index in [9.17, 15) is 19.2 Å². The summed E-state index contributed by atoms with van der Waals surface area (Å²) in [5, 5.41) is 2.35. The van der Waals surface area contributed by atoms with Crippen molar-refractivity contribution in [3.8, 4) is 0 Å². The van der Waals surface area contributed by atoms with Gasteiger partial charge in [-0.25, -0.2) is 4.79 Å². The normalized spacial score (nSPS) is 18.2. The third-order valence-corrected chi connectivity index (χ3v) is 6.18. The number of likely N-dealkylation sites (N-methyl/N-ethyl adjacent to an activating group) is 1. The highest BCUT2D eigenvalue weighted by Crippen LogP contribution is 2.22. The van der Waals surface area contributed by atoms with Gasteiger partial charge in [-0.15, -0.1) is 0 Å². The second-order valence-corrected chi connectivity index (χ2v) is 10.9. The number of amides is 3. The lowest BCUT2D eigenvalue weighted by Gasteiger charge is -2.30. The zero-order chi connectivity index (χ0) is 28.5. The smallest absolute Gasteiger partial charge is 0.328 e. The number of nitrogens with zero attached hydrogens (tertiary/aromatic N) is 3. The van der Waals surface area contributed by atoms with Crippen molar-refractivity contribution in [2.75, 3.05) is 47.4 Å². The van der Waals surface area contributed by atoms with Gasteiger partial charge < -0.3 is 30.2 Å². The molecule has 2 heterocycles. The van der Waals surface area contributed by atoms with E-state index in [1.807, 2.05) is 13.8 Å². The molecule has 222 valence electrons. The summed E-state index contributed by atoms with van der Waals surface area (Å²) in [7, 11) is 5.15. The monoisotopic (exact) mass is 542 g/mol. The molecule has 2 atom stereocenters. The van der Waals surface area contributed by atoms with E-state index in [-0.39, 0.29) is 35.8 Å². The Labute approximate surface area is 230 Å². The highest BCUT2D eigenvalue weighted by atomic mass is 16.5. The third-order valence-electron chi connectivity index (χ3n) is 6.18. The van der Waals surface area contributed by atoms with E-state index in [2.05, 4.69) is 38.0 Å². The van der Waals surface area contributed by atoms with Crippen LogP contribution in [0.25, 0.3) is 0 Å². The number of carbonyl (C=O) groups excluding carboxylic acids is 4. The van der Waals surface area contributed by atoms with Crippen LogP contribution in [-0.2, 0) is 23.9 Å². The Hall–Kier alpha value is -2.46. The van der Waals surface area contributed by atoms with Gasteiger partial charge in [0, 0.05) is 19.2 Å². The van der Waals surface area contributed by atoms with E-state index in [0.29, 0.717) is 24.9 Å². The molecule has 38 heavy (non-hydrogen) atoms. The first kappa shape index (κ1) is 37.7. The molecule has 3 amide bonds. The molecule has 0 saturated carbocycles. The number of piperidine rings is 1. The number of rotatable bonds is 8. The summed E-state index contributed by atoms with van der Waals surface area (Å²) in [6.07, 6.45) is 7.84. The lowest BCUT2D eigenvalue weighted by Crippen LogP contribution is -2.44. The largest absolute Gasteiger partial charge is 0.467 e. The summed E-state index contributed by atoms with van der Waals surface area (Å²) in [6, 6.07) is -0.858. The minimum absolute atomic E-state index is 0. The van der Waals surface area contributed by atoms with Gasteiger partial charge in [0.2, 0.25) is 18.2 Å². The Morgan fingerprint density at radius 3 is 2.00 bits per heavy atom. The third kappa shape index (κ3) is 14.5. The standard InChI is InChI=1S/C18H29N3O5.C6H13N.C4H10.H2O/c1-12(2)15(20(4)16(23)10-19-11-22)9-13(3)17(24)21-8-6-7-14(21)18(25)26-5;1-7-5-3-2-4-6-7;1-4(2)3;/h9,11-12,14-15H,6-8,10H2,1-5H3,(H,19,22);2-6H2,1H3;4H,1-3H3;1H2/b13-9+;;;/t14-,15+;;;/m0.../s1. The fourth-order valence-corrected chi connectivity index (χ4v) is 4.17. The van der Waals surface area contributed by atoms with Crippen LogP contribution in [0.2, 0.25) is 0 Å². The first-order valence-corrected chi connectivity index (χ1v) is 13.6. The number of methoxy groups -OCH3 is 1. The predicted molar refractivity (Wildman–Crippen MR) is 151 cm³/mol. The molecule has 0 aliphatic carbocycles. The maximum absolute atomic E-state index is 12.8. The Balaban J connectivity index is 0. The number of carbonyl (C=O) groups is 4. The van der Waals surface area contributed by atoms with Gasteiger partial charge in [-0.05, 0) is 64.6 Å². The molecule has 0 unspecified atom stereocenters. The number of nitrogens with one attached hydrogen (secondary N) is 1. The lowest BCUT2D eigenvalue weighted by molar-refractivity contribution is -0.149. The molecule has 10 nitrogen and oxygen atoms in total. The fourth-order valence-electron chi connectivity index (χ4n) is 4.17. The van der Waals surface area contributed by atoms with E-state index >= 15 is 0 Å². The summed E-state index contributed by atoms with van der Waals surface area (Å²) in [5.41, 5.74) is 0.475. The zero-order valence-corrected chi connectivity index (χ0v) is 25.2. The van der Waals surface area contributed by atoms with Crippen molar-refractivity contribution in [3.63, 3.8) is 0 Å². The van der Waals surface area contributed by atoms with E-state index in [1.165, 1.54) is 49.3 Å². The first-order valence-electron chi connectivity index (χ1n) is 13.6. The summed E-state index contributed by atoms with van der Waals surface area (Å²) >= 11 is 0. The van der Waals surface area contributed by atoms with Crippen LogP contribution in [0.3, 0.4) is 0 Å². The highest BCUT2D eigenvalue weighted by Gasteiger charge is 2.35. The second-order valence-electron chi connectivity index (χ2n) is 10.9. The van der Waals surface area contributed by atoms with Crippen LogP contribution in [0.1, 0.15) is 73.6 Å². The van der Waals surface area contributed by atoms with Crippen molar-refractivity contribution in [1.29, 1.82) is 0 Å². The molecule has 0 aromatic heterocycles. The van der Waals surface area contributed by atoms with Crippen LogP contribution in [0.4, 0.5) is 0 Å². The highest BCUT2D eigenvalue weighted by molar-refractivity contribution is 5.96. The van der Waals surface area contributed by atoms with E-state index in [1.54, 1.807) is 20.0 Å². The average molecular weight is 543 g/mol. The number of ether oxygens (including phenoxy) is 1. The van der Waals surface area contributed by atoms with Gasteiger partial charge in [-0.2, -0.15) is 0 Å². The molecular formula is C28H54N4O6.